The van der Waals surface area contributed by atoms with Gasteiger partial charge in [0, 0.05) is 31.5 Å². The molecule has 1 heterocycles. The van der Waals surface area contributed by atoms with E-state index in [1.807, 2.05) is 18.2 Å². The molecule has 0 aliphatic carbocycles. The van der Waals surface area contributed by atoms with Gasteiger partial charge in [-0.1, -0.05) is 26.8 Å². The van der Waals surface area contributed by atoms with Crippen LogP contribution in [0.2, 0.25) is 18.1 Å². The number of nitrogens with zero attached hydrogens (tertiary/aromatic N) is 1. The zero-order valence-corrected chi connectivity index (χ0v) is 15.2. The monoisotopic (exact) mass is 310 g/mol. The lowest BCUT2D eigenvalue weighted by Gasteiger charge is -2.40. The first-order valence-electron chi connectivity index (χ1n) is 7.49. The lowest BCUT2D eigenvalue weighted by atomic mass is 10.1. The van der Waals surface area contributed by atoms with Crippen molar-refractivity contribution in [2.45, 2.75) is 57.5 Å². The second kappa shape index (κ2) is 7.49. The molecule has 21 heavy (non-hydrogen) atoms. The summed E-state index contributed by atoms with van der Waals surface area (Å²) in [7, 11) is -0.176. The molecule has 1 aromatic rings. The zero-order chi connectivity index (χ0) is 16.1. The molecule has 0 aliphatic heterocycles. The molecule has 0 saturated carbocycles. The third-order valence-corrected chi connectivity index (χ3v) is 8.74. The van der Waals surface area contributed by atoms with E-state index in [2.05, 4.69) is 38.8 Å². The van der Waals surface area contributed by atoms with E-state index >= 15 is 0 Å². The molecule has 1 aromatic heterocycles. The van der Waals surface area contributed by atoms with Gasteiger partial charge in [0.2, 0.25) is 0 Å². The minimum Gasteiger partial charge on any atom is -0.410 e. The van der Waals surface area contributed by atoms with Gasteiger partial charge >= 0.3 is 0 Å². The minimum absolute atomic E-state index is 0.0992. The Bertz CT molecular complexity index is 418. The fourth-order valence-corrected chi connectivity index (χ4v) is 3.21. The smallest absolute Gasteiger partial charge is 0.192 e. The van der Waals surface area contributed by atoms with E-state index in [1.165, 1.54) is 0 Å². The first-order valence-corrected chi connectivity index (χ1v) is 10.4. The van der Waals surface area contributed by atoms with Crippen molar-refractivity contribution in [3.8, 4) is 0 Å². The number of methoxy groups -OCH3 is 1. The Morgan fingerprint density at radius 1 is 1.29 bits per heavy atom. The Morgan fingerprint density at radius 2 is 1.95 bits per heavy atom. The Hall–Kier alpha value is -0.753. The molecular formula is C16H30N2O2Si. The van der Waals surface area contributed by atoms with Crippen LogP contribution in [0.1, 0.15) is 26.5 Å². The van der Waals surface area contributed by atoms with Crippen LogP contribution in [0.3, 0.4) is 0 Å². The fraction of sp³-hybridized carbons (Fsp3) is 0.688. The summed E-state index contributed by atoms with van der Waals surface area (Å²) in [6.07, 6.45) is 2.39. The van der Waals surface area contributed by atoms with Crippen LogP contribution < -0.4 is 5.73 Å². The second-order valence-electron chi connectivity index (χ2n) is 7.06. The summed E-state index contributed by atoms with van der Waals surface area (Å²) in [4.78, 5) is 4.34. The highest BCUT2D eigenvalue weighted by atomic mass is 28.4. The predicted octanol–water partition coefficient (Wildman–Crippen LogP) is 2.99. The quantitative estimate of drug-likeness (QED) is 0.787. The topological polar surface area (TPSA) is 57.4 Å². The van der Waals surface area contributed by atoms with Crippen LogP contribution in [-0.4, -0.2) is 39.2 Å². The predicted molar refractivity (Wildman–Crippen MR) is 89.9 cm³/mol. The van der Waals surface area contributed by atoms with Gasteiger partial charge in [0.1, 0.15) is 0 Å². The normalized spacial score (nSPS) is 15.8. The van der Waals surface area contributed by atoms with Crippen LogP contribution in [0.4, 0.5) is 0 Å². The van der Waals surface area contributed by atoms with Gasteiger partial charge in [-0.25, -0.2) is 0 Å². The molecule has 0 spiro atoms. The van der Waals surface area contributed by atoms with Crippen molar-refractivity contribution in [3.05, 3.63) is 30.1 Å². The molecule has 0 saturated heterocycles. The van der Waals surface area contributed by atoms with Crippen LogP contribution in [0.5, 0.6) is 0 Å². The van der Waals surface area contributed by atoms with Gasteiger partial charge in [0.05, 0.1) is 12.7 Å². The largest absolute Gasteiger partial charge is 0.410 e. The highest BCUT2D eigenvalue weighted by molar-refractivity contribution is 6.74. The van der Waals surface area contributed by atoms with E-state index in [-0.39, 0.29) is 17.2 Å². The number of aromatic nitrogens is 1. The molecule has 0 unspecified atom stereocenters. The molecule has 0 aromatic carbocycles. The van der Waals surface area contributed by atoms with Gasteiger partial charge in [-0.3, -0.25) is 4.98 Å². The number of rotatable bonds is 7. The Morgan fingerprint density at radius 3 is 2.43 bits per heavy atom. The molecule has 0 radical (unpaired) electrons. The first kappa shape index (κ1) is 18.3. The molecule has 0 aliphatic rings. The van der Waals surface area contributed by atoms with E-state index < -0.39 is 8.32 Å². The van der Waals surface area contributed by atoms with Gasteiger partial charge in [-0.05, 0) is 30.3 Å². The van der Waals surface area contributed by atoms with Crippen LogP contribution in [0.25, 0.3) is 0 Å². The number of ether oxygens (including phenoxy) is 1. The summed E-state index contributed by atoms with van der Waals surface area (Å²) < 4.78 is 11.8. The molecule has 4 nitrogen and oxygen atoms in total. The van der Waals surface area contributed by atoms with Crippen LogP contribution in [0, 0.1) is 0 Å². The summed E-state index contributed by atoms with van der Waals surface area (Å²) in [5, 5.41) is 0.156. The van der Waals surface area contributed by atoms with Crippen molar-refractivity contribution in [1.29, 1.82) is 0 Å². The number of nitrogens with two attached hydrogens (primary N) is 1. The average molecular weight is 311 g/mol. The number of pyridine rings is 1. The van der Waals surface area contributed by atoms with E-state index in [9.17, 15) is 0 Å². The number of hydrogen-bond donors (Lipinski definition) is 1. The Balaban J connectivity index is 2.76. The summed E-state index contributed by atoms with van der Waals surface area (Å²) in [5.74, 6) is 0. The van der Waals surface area contributed by atoms with Crippen molar-refractivity contribution < 1.29 is 9.16 Å². The lowest BCUT2D eigenvalue weighted by Crippen LogP contribution is -2.51. The maximum atomic E-state index is 6.44. The van der Waals surface area contributed by atoms with Crippen LogP contribution in [0.15, 0.2) is 24.4 Å². The molecule has 1 rings (SSSR count). The van der Waals surface area contributed by atoms with E-state index in [1.54, 1.807) is 13.3 Å². The molecule has 0 amide bonds. The summed E-state index contributed by atoms with van der Waals surface area (Å²) in [5.41, 5.74) is 7.35. The van der Waals surface area contributed by atoms with Gasteiger partial charge in [0.15, 0.2) is 8.32 Å². The molecule has 0 fully saturated rings. The molecule has 0 bridgehead atoms. The first-order chi connectivity index (χ1) is 9.67. The maximum absolute atomic E-state index is 6.44. The number of hydrogen-bond acceptors (Lipinski definition) is 4. The lowest BCUT2D eigenvalue weighted by molar-refractivity contribution is 0.0552. The maximum Gasteiger partial charge on any atom is 0.192 e. The molecule has 2 N–H and O–H groups in total. The van der Waals surface area contributed by atoms with Gasteiger partial charge < -0.3 is 14.9 Å². The standard InChI is InChI=1S/C16H30N2O2Si/c1-16(2,3)21(5,6)20-15(12-19-4)14(17)11-13-9-7-8-10-18-13/h7-10,14-15H,11-12,17H2,1-6H3/t14-,15-/m1/s1. The SMILES string of the molecule is COC[C@@H](O[Si](C)(C)C(C)(C)C)[C@H](N)Cc1ccccn1. The van der Waals surface area contributed by atoms with Crippen LogP contribution in [-0.2, 0) is 15.6 Å². The van der Waals surface area contributed by atoms with E-state index in [0.717, 1.165) is 5.69 Å². The summed E-state index contributed by atoms with van der Waals surface area (Å²) in [6.45, 7) is 11.7. The highest BCUT2D eigenvalue weighted by Gasteiger charge is 2.40. The Kier molecular flexibility index (Phi) is 6.53. The zero-order valence-electron chi connectivity index (χ0n) is 14.2. The second-order valence-corrected chi connectivity index (χ2v) is 11.8. The molecule has 120 valence electrons. The van der Waals surface area contributed by atoms with Crippen molar-refractivity contribution in [1.82, 2.24) is 4.98 Å². The van der Waals surface area contributed by atoms with Crippen molar-refractivity contribution in [3.63, 3.8) is 0 Å². The van der Waals surface area contributed by atoms with Gasteiger partial charge in [-0.2, -0.15) is 0 Å². The van der Waals surface area contributed by atoms with Gasteiger partial charge in [-0.15, -0.1) is 0 Å². The van der Waals surface area contributed by atoms with Crippen molar-refractivity contribution >= 4 is 8.32 Å². The van der Waals surface area contributed by atoms with Crippen molar-refractivity contribution in [2.75, 3.05) is 13.7 Å². The minimum atomic E-state index is -1.87. The van der Waals surface area contributed by atoms with Gasteiger partial charge in [0.25, 0.3) is 0 Å². The third kappa shape index (κ3) is 5.51. The molecular weight excluding hydrogens is 280 g/mol. The third-order valence-electron chi connectivity index (χ3n) is 4.23. The fourth-order valence-electron chi connectivity index (χ4n) is 1.86. The van der Waals surface area contributed by atoms with Crippen LogP contribution >= 0.6 is 0 Å². The summed E-state index contributed by atoms with van der Waals surface area (Å²) >= 11 is 0. The Labute approximate surface area is 130 Å². The molecule has 2 atom stereocenters. The van der Waals surface area contributed by atoms with Crippen molar-refractivity contribution in [2.24, 2.45) is 5.73 Å². The highest BCUT2D eigenvalue weighted by Crippen LogP contribution is 2.37. The molecule has 5 heteroatoms. The summed E-state index contributed by atoms with van der Waals surface area (Å²) in [6, 6.07) is 5.77. The average Bonchev–Trinajstić information content (AvgIpc) is 2.37. The van der Waals surface area contributed by atoms with E-state index in [4.69, 9.17) is 14.9 Å². The van der Waals surface area contributed by atoms with E-state index in [0.29, 0.717) is 13.0 Å².